The van der Waals surface area contributed by atoms with Crippen LogP contribution in [0.25, 0.3) is 0 Å². The third-order valence-electron chi connectivity index (χ3n) is 5.79. The lowest BCUT2D eigenvalue weighted by Gasteiger charge is -2.44. The molecule has 1 fully saturated rings. The van der Waals surface area contributed by atoms with Gasteiger partial charge >= 0.3 is 0 Å². The molecule has 0 bridgehead atoms. The van der Waals surface area contributed by atoms with Crippen molar-refractivity contribution >= 4 is 46.4 Å². The number of rotatable bonds is 4. The summed E-state index contributed by atoms with van der Waals surface area (Å²) in [6.45, 7) is 3.41. The first kappa shape index (κ1) is 22.9. The van der Waals surface area contributed by atoms with Crippen LogP contribution < -0.4 is 4.90 Å². The van der Waals surface area contributed by atoms with Crippen molar-refractivity contribution in [3.05, 3.63) is 98.5 Å². The number of nitrogens with zero attached hydrogens (tertiary/aromatic N) is 2. The second-order valence-corrected chi connectivity index (χ2v) is 9.17. The van der Waals surface area contributed by atoms with E-state index in [1.54, 1.807) is 29.2 Å². The summed E-state index contributed by atoms with van der Waals surface area (Å²) in [5.41, 5.74) is 3.41. The minimum atomic E-state index is -1.32. The SMILES string of the molecule is Cc1ccc(N2CCN(C(=O)C(O)c3ccccc3Cl)CC2c2ccc(Cl)cc2)c(Cl)c1. The third kappa shape index (κ3) is 4.74. The Bertz CT molecular complexity index is 1120. The summed E-state index contributed by atoms with van der Waals surface area (Å²) in [5.74, 6) is -0.369. The maximum atomic E-state index is 13.2. The van der Waals surface area contributed by atoms with Crippen LogP contribution in [0, 0.1) is 6.92 Å². The van der Waals surface area contributed by atoms with Gasteiger partial charge in [-0.15, -0.1) is 0 Å². The molecular formula is C25H23Cl3N2O2. The molecule has 1 amide bonds. The van der Waals surface area contributed by atoms with Gasteiger partial charge in [-0.2, -0.15) is 0 Å². The first-order valence-electron chi connectivity index (χ1n) is 10.3. The number of anilines is 1. The lowest BCUT2D eigenvalue weighted by Crippen LogP contribution is -2.51. The highest BCUT2D eigenvalue weighted by atomic mass is 35.5. The van der Waals surface area contributed by atoms with Crippen molar-refractivity contribution in [1.29, 1.82) is 0 Å². The summed E-state index contributed by atoms with van der Waals surface area (Å²) in [6.07, 6.45) is -1.32. The van der Waals surface area contributed by atoms with Gasteiger partial charge < -0.3 is 14.9 Å². The number of hydrogen-bond acceptors (Lipinski definition) is 3. The van der Waals surface area contributed by atoms with Gasteiger partial charge in [-0.25, -0.2) is 0 Å². The Labute approximate surface area is 202 Å². The maximum absolute atomic E-state index is 13.2. The van der Waals surface area contributed by atoms with Crippen LogP contribution in [0.15, 0.2) is 66.7 Å². The largest absolute Gasteiger partial charge is 0.378 e. The van der Waals surface area contributed by atoms with E-state index in [9.17, 15) is 9.90 Å². The molecule has 1 aliphatic rings. The molecule has 1 aliphatic heterocycles. The molecule has 0 aliphatic carbocycles. The van der Waals surface area contributed by atoms with Crippen LogP contribution >= 0.6 is 34.8 Å². The Morgan fingerprint density at radius 1 is 0.969 bits per heavy atom. The first-order valence-corrected chi connectivity index (χ1v) is 11.5. The van der Waals surface area contributed by atoms with E-state index >= 15 is 0 Å². The molecule has 0 saturated carbocycles. The van der Waals surface area contributed by atoms with Crippen LogP contribution in [0.5, 0.6) is 0 Å². The van der Waals surface area contributed by atoms with Crippen LogP contribution in [0.2, 0.25) is 15.1 Å². The highest BCUT2D eigenvalue weighted by molar-refractivity contribution is 6.33. The van der Waals surface area contributed by atoms with E-state index in [1.165, 1.54) is 0 Å². The van der Waals surface area contributed by atoms with E-state index in [0.717, 1.165) is 16.8 Å². The van der Waals surface area contributed by atoms with Crippen LogP contribution in [0.1, 0.15) is 28.8 Å². The number of aliphatic hydroxyl groups is 1. The number of aryl methyl sites for hydroxylation is 1. The first-order chi connectivity index (χ1) is 15.3. The van der Waals surface area contributed by atoms with Crippen molar-refractivity contribution in [1.82, 2.24) is 4.90 Å². The van der Waals surface area contributed by atoms with E-state index in [1.807, 2.05) is 49.4 Å². The zero-order valence-electron chi connectivity index (χ0n) is 17.5. The number of hydrogen-bond donors (Lipinski definition) is 1. The molecule has 2 atom stereocenters. The molecule has 3 aromatic rings. The predicted octanol–water partition coefficient (Wildman–Crippen LogP) is 6.08. The number of halogens is 3. The van der Waals surface area contributed by atoms with E-state index in [-0.39, 0.29) is 11.9 Å². The molecular weight excluding hydrogens is 467 g/mol. The van der Waals surface area contributed by atoms with Gasteiger partial charge in [0.15, 0.2) is 6.10 Å². The average molecular weight is 490 g/mol. The van der Waals surface area contributed by atoms with Gasteiger partial charge in [0.2, 0.25) is 0 Å². The Hall–Kier alpha value is -2.24. The Morgan fingerprint density at radius 2 is 1.69 bits per heavy atom. The number of amides is 1. The van der Waals surface area contributed by atoms with Crippen LogP contribution in [-0.4, -0.2) is 35.5 Å². The van der Waals surface area contributed by atoms with Crippen molar-refractivity contribution in [2.24, 2.45) is 0 Å². The molecule has 2 unspecified atom stereocenters. The topological polar surface area (TPSA) is 43.8 Å². The lowest BCUT2D eigenvalue weighted by atomic mass is 9.99. The summed E-state index contributed by atoms with van der Waals surface area (Å²) in [7, 11) is 0. The molecule has 1 heterocycles. The minimum absolute atomic E-state index is 0.149. The van der Waals surface area contributed by atoms with Crippen molar-refractivity contribution < 1.29 is 9.90 Å². The lowest BCUT2D eigenvalue weighted by molar-refractivity contribution is -0.141. The molecule has 3 aromatic carbocycles. The van der Waals surface area contributed by atoms with E-state index in [2.05, 4.69) is 4.90 Å². The van der Waals surface area contributed by atoms with Gasteiger partial charge in [0, 0.05) is 35.2 Å². The molecule has 7 heteroatoms. The number of piperazine rings is 1. The zero-order valence-corrected chi connectivity index (χ0v) is 19.8. The Kier molecular flexibility index (Phi) is 6.96. The number of carbonyl (C=O) groups is 1. The number of carbonyl (C=O) groups excluding carboxylic acids is 1. The molecule has 0 aromatic heterocycles. The van der Waals surface area contributed by atoms with Crippen molar-refractivity contribution in [3.8, 4) is 0 Å². The molecule has 166 valence electrons. The van der Waals surface area contributed by atoms with Crippen molar-refractivity contribution in [2.75, 3.05) is 24.5 Å². The summed E-state index contributed by atoms with van der Waals surface area (Å²) >= 11 is 18.9. The van der Waals surface area contributed by atoms with E-state index in [0.29, 0.717) is 40.3 Å². The van der Waals surface area contributed by atoms with Crippen molar-refractivity contribution in [2.45, 2.75) is 19.1 Å². The Balaban J connectivity index is 1.65. The molecule has 4 rings (SSSR count). The van der Waals surface area contributed by atoms with Gasteiger partial charge in [-0.05, 0) is 48.4 Å². The zero-order chi connectivity index (χ0) is 22.8. The summed E-state index contributed by atoms with van der Waals surface area (Å²) < 4.78 is 0. The minimum Gasteiger partial charge on any atom is -0.378 e. The van der Waals surface area contributed by atoms with Gasteiger partial charge in [0.05, 0.1) is 16.8 Å². The average Bonchev–Trinajstić information content (AvgIpc) is 2.79. The quantitative estimate of drug-likeness (QED) is 0.483. The molecule has 1 saturated heterocycles. The third-order valence-corrected chi connectivity index (χ3v) is 6.69. The molecule has 32 heavy (non-hydrogen) atoms. The van der Waals surface area contributed by atoms with E-state index < -0.39 is 6.10 Å². The molecule has 4 nitrogen and oxygen atoms in total. The maximum Gasteiger partial charge on any atom is 0.256 e. The van der Waals surface area contributed by atoms with Gasteiger partial charge in [0.1, 0.15) is 0 Å². The highest BCUT2D eigenvalue weighted by Gasteiger charge is 2.34. The fourth-order valence-electron chi connectivity index (χ4n) is 4.09. The monoisotopic (exact) mass is 488 g/mol. The molecule has 0 spiro atoms. The van der Waals surface area contributed by atoms with Crippen LogP contribution in [-0.2, 0) is 4.79 Å². The standard InChI is InChI=1S/C25H23Cl3N2O2/c1-16-6-11-22(21(28)14-16)30-13-12-29(15-23(30)17-7-9-18(26)10-8-17)25(32)24(31)19-4-2-3-5-20(19)27/h2-11,14,23-24,31H,12-13,15H2,1H3. The fraction of sp³-hybridized carbons (Fsp3) is 0.240. The Morgan fingerprint density at radius 3 is 2.38 bits per heavy atom. The summed E-state index contributed by atoms with van der Waals surface area (Å²) in [6, 6.07) is 20.3. The fourth-order valence-corrected chi connectivity index (χ4v) is 4.80. The van der Waals surface area contributed by atoms with Crippen LogP contribution in [0.3, 0.4) is 0 Å². The second-order valence-electron chi connectivity index (χ2n) is 7.92. The summed E-state index contributed by atoms with van der Waals surface area (Å²) in [5, 5.41) is 12.4. The summed E-state index contributed by atoms with van der Waals surface area (Å²) in [4.78, 5) is 17.1. The van der Waals surface area contributed by atoms with Gasteiger partial charge in [0.25, 0.3) is 5.91 Å². The molecule has 1 N–H and O–H groups in total. The molecule has 0 radical (unpaired) electrons. The number of aliphatic hydroxyl groups excluding tert-OH is 1. The number of benzene rings is 3. The highest BCUT2D eigenvalue weighted by Crippen LogP contribution is 2.37. The van der Waals surface area contributed by atoms with Crippen molar-refractivity contribution in [3.63, 3.8) is 0 Å². The van der Waals surface area contributed by atoms with Gasteiger partial charge in [-0.1, -0.05) is 71.2 Å². The normalized spacial score (nSPS) is 17.3. The van der Waals surface area contributed by atoms with Crippen LogP contribution in [0.4, 0.5) is 5.69 Å². The smallest absolute Gasteiger partial charge is 0.256 e. The predicted molar refractivity (Wildman–Crippen MR) is 131 cm³/mol. The van der Waals surface area contributed by atoms with Gasteiger partial charge in [-0.3, -0.25) is 4.79 Å². The van der Waals surface area contributed by atoms with E-state index in [4.69, 9.17) is 34.8 Å². The second kappa shape index (κ2) is 9.72.